The standard InChI is InChI=1S/C15H25NO4/c1-3-4-11-20-12(2)15(19)16-10-6-5-7-13(16)8-9-14(17)18/h3,12-13H,1,4-11H2,2H3,(H,17,18). The molecular weight excluding hydrogens is 258 g/mol. The van der Waals surface area contributed by atoms with E-state index in [-0.39, 0.29) is 18.4 Å². The van der Waals surface area contributed by atoms with Crippen LogP contribution in [0.3, 0.4) is 0 Å². The molecule has 0 bridgehead atoms. The van der Waals surface area contributed by atoms with Crippen molar-refractivity contribution in [1.29, 1.82) is 0 Å². The lowest BCUT2D eigenvalue weighted by atomic mass is 9.97. The fourth-order valence-corrected chi connectivity index (χ4v) is 2.51. The van der Waals surface area contributed by atoms with E-state index in [2.05, 4.69) is 6.58 Å². The van der Waals surface area contributed by atoms with E-state index in [0.717, 1.165) is 25.7 Å². The Morgan fingerprint density at radius 2 is 2.25 bits per heavy atom. The number of carbonyl (C=O) groups excluding carboxylic acids is 1. The average Bonchev–Trinajstić information content (AvgIpc) is 2.44. The molecule has 0 aromatic carbocycles. The van der Waals surface area contributed by atoms with Crippen LogP contribution < -0.4 is 0 Å². The van der Waals surface area contributed by atoms with E-state index in [1.807, 2.05) is 4.90 Å². The molecule has 2 atom stereocenters. The van der Waals surface area contributed by atoms with Gasteiger partial charge in [0.1, 0.15) is 6.10 Å². The van der Waals surface area contributed by atoms with E-state index in [9.17, 15) is 9.59 Å². The zero-order valence-electron chi connectivity index (χ0n) is 12.2. The van der Waals surface area contributed by atoms with Gasteiger partial charge in [-0.25, -0.2) is 0 Å². The Morgan fingerprint density at radius 3 is 2.90 bits per heavy atom. The summed E-state index contributed by atoms with van der Waals surface area (Å²) in [5.74, 6) is -0.831. The van der Waals surface area contributed by atoms with Gasteiger partial charge in [-0.2, -0.15) is 0 Å². The van der Waals surface area contributed by atoms with Gasteiger partial charge in [-0.1, -0.05) is 6.08 Å². The average molecular weight is 283 g/mol. The first-order valence-electron chi connectivity index (χ1n) is 7.31. The number of amides is 1. The minimum atomic E-state index is -0.807. The first kappa shape index (κ1) is 16.7. The molecule has 5 heteroatoms. The highest BCUT2D eigenvalue weighted by Gasteiger charge is 2.30. The molecule has 1 aliphatic rings. The van der Waals surface area contributed by atoms with Gasteiger partial charge in [-0.15, -0.1) is 6.58 Å². The van der Waals surface area contributed by atoms with E-state index in [4.69, 9.17) is 9.84 Å². The Morgan fingerprint density at radius 1 is 1.50 bits per heavy atom. The third-order valence-electron chi connectivity index (χ3n) is 3.64. The van der Waals surface area contributed by atoms with Gasteiger partial charge in [0.2, 0.25) is 0 Å². The highest BCUT2D eigenvalue weighted by Crippen LogP contribution is 2.22. The van der Waals surface area contributed by atoms with Gasteiger partial charge < -0.3 is 14.7 Å². The first-order chi connectivity index (χ1) is 9.56. The van der Waals surface area contributed by atoms with Crippen LogP contribution in [-0.4, -0.2) is 47.2 Å². The van der Waals surface area contributed by atoms with E-state index in [0.29, 0.717) is 19.6 Å². The summed E-state index contributed by atoms with van der Waals surface area (Å²) in [6.07, 6.45) is 5.57. The van der Waals surface area contributed by atoms with E-state index in [1.54, 1.807) is 13.0 Å². The van der Waals surface area contributed by atoms with Gasteiger partial charge in [0.25, 0.3) is 5.91 Å². The molecule has 5 nitrogen and oxygen atoms in total. The van der Waals surface area contributed by atoms with Gasteiger partial charge in [0, 0.05) is 19.0 Å². The lowest BCUT2D eigenvalue weighted by molar-refractivity contribution is -0.147. The third kappa shape index (κ3) is 5.33. The number of carbonyl (C=O) groups is 2. The van der Waals surface area contributed by atoms with E-state index in [1.165, 1.54) is 0 Å². The summed E-state index contributed by atoms with van der Waals surface area (Å²) in [5, 5.41) is 8.78. The molecule has 0 saturated carbocycles. The normalized spacial score (nSPS) is 20.4. The van der Waals surface area contributed by atoms with Crippen molar-refractivity contribution in [1.82, 2.24) is 4.90 Å². The Hall–Kier alpha value is -1.36. The molecule has 1 aliphatic heterocycles. The van der Waals surface area contributed by atoms with Crippen LogP contribution in [0.1, 0.15) is 45.4 Å². The maximum atomic E-state index is 12.4. The van der Waals surface area contributed by atoms with Crippen LogP contribution in [0.5, 0.6) is 0 Å². The van der Waals surface area contributed by atoms with Crippen LogP contribution in [0.2, 0.25) is 0 Å². The molecule has 114 valence electrons. The highest BCUT2D eigenvalue weighted by molar-refractivity contribution is 5.81. The van der Waals surface area contributed by atoms with Crippen molar-refractivity contribution in [3.05, 3.63) is 12.7 Å². The fourth-order valence-electron chi connectivity index (χ4n) is 2.51. The van der Waals surface area contributed by atoms with Crippen molar-refractivity contribution in [3.63, 3.8) is 0 Å². The van der Waals surface area contributed by atoms with Crippen molar-refractivity contribution in [2.24, 2.45) is 0 Å². The second kappa shape index (κ2) is 8.74. The molecule has 0 spiro atoms. The number of hydrogen-bond donors (Lipinski definition) is 1. The summed E-state index contributed by atoms with van der Waals surface area (Å²) in [5.41, 5.74) is 0. The SMILES string of the molecule is C=CCCOC(C)C(=O)N1CCCCC1CCC(=O)O. The molecule has 1 heterocycles. The van der Waals surface area contributed by atoms with Gasteiger partial charge in [-0.3, -0.25) is 9.59 Å². The van der Waals surface area contributed by atoms with E-state index < -0.39 is 12.1 Å². The number of piperidine rings is 1. The molecule has 1 amide bonds. The molecule has 1 fully saturated rings. The molecule has 20 heavy (non-hydrogen) atoms. The molecule has 0 aromatic rings. The maximum absolute atomic E-state index is 12.4. The Bertz CT molecular complexity index is 343. The van der Waals surface area contributed by atoms with Crippen LogP contribution in [0, 0.1) is 0 Å². The summed E-state index contributed by atoms with van der Waals surface area (Å²) in [7, 11) is 0. The second-order valence-corrected chi connectivity index (χ2v) is 5.20. The van der Waals surface area contributed by atoms with Crippen LogP contribution in [-0.2, 0) is 14.3 Å². The summed E-state index contributed by atoms with van der Waals surface area (Å²) in [4.78, 5) is 24.9. The number of rotatable bonds is 8. The Kier molecular flexibility index (Phi) is 7.30. The zero-order valence-corrected chi connectivity index (χ0v) is 12.2. The third-order valence-corrected chi connectivity index (χ3v) is 3.64. The zero-order chi connectivity index (χ0) is 15.0. The highest BCUT2D eigenvalue weighted by atomic mass is 16.5. The van der Waals surface area contributed by atoms with Crippen molar-refractivity contribution in [3.8, 4) is 0 Å². The number of likely N-dealkylation sites (tertiary alicyclic amines) is 1. The number of hydrogen-bond acceptors (Lipinski definition) is 3. The quantitative estimate of drug-likeness (QED) is 0.548. The molecule has 2 unspecified atom stereocenters. The van der Waals surface area contributed by atoms with Crippen molar-refractivity contribution >= 4 is 11.9 Å². The molecule has 0 aromatic heterocycles. The van der Waals surface area contributed by atoms with Gasteiger partial charge in [0.15, 0.2) is 0 Å². The number of aliphatic carboxylic acids is 1. The van der Waals surface area contributed by atoms with Crippen LogP contribution in [0.25, 0.3) is 0 Å². The van der Waals surface area contributed by atoms with Crippen molar-refractivity contribution in [2.75, 3.05) is 13.2 Å². The van der Waals surface area contributed by atoms with Crippen molar-refractivity contribution in [2.45, 2.75) is 57.6 Å². The number of ether oxygens (including phenoxy) is 1. The predicted octanol–water partition coefficient (Wildman–Crippen LogP) is 2.21. The largest absolute Gasteiger partial charge is 0.481 e. The monoisotopic (exact) mass is 283 g/mol. The van der Waals surface area contributed by atoms with Crippen LogP contribution in [0.4, 0.5) is 0 Å². The number of carboxylic acids is 1. The minimum Gasteiger partial charge on any atom is -0.481 e. The van der Waals surface area contributed by atoms with Gasteiger partial charge in [-0.05, 0) is 39.0 Å². The molecule has 0 radical (unpaired) electrons. The molecular formula is C15H25NO4. The van der Waals surface area contributed by atoms with Gasteiger partial charge in [0.05, 0.1) is 6.61 Å². The second-order valence-electron chi connectivity index (χ2n) is 5.20. The molecule has 1 N–H and O–H groups in total. The first-order valence-corrected chi connectivity index (χ1v) is 7.31. The topological polar surface area (TPSA) is 66.8 Å². The molecule has 0 aliphatic carbocycles. The smallest absolute Gasteiger partial charge is 0.303 e. The summed E-state index contributed by atoms with van der Waals surface area (Å²) in [6, 6.07) is 0.0396. The number of nitrogens with zero attached hydrogens (tertiary/aromatic N) is 1. The molecule has 1 saturated heterocycles. The molecule has 1 rings (SSSR count). The number of carboxylic acid groups (broad SMARTS) is 1. The Balaban J connectivity index is 2.52. The predicted molar refractivity (Wildman–Crippen MR) is 76.4 cm³/mol. The fraction of sp³-hybridized carbons (Fsp3) is 0.733. The summed E-state index contributed by atoms with van der Waals surface area (Å²) in [6.45, 7) is 6.57. The minimum absolute atomic E-state index is 0.0239. The summed E-state index contributed by atoms with van der Waals surface area (Å²) >= 11 is 0. The van der Waals surface area contributed by atoms with E-state index >= 15 is 0 Å². The van der Waals surface area contributed by atoms with Crippen LogP contribution >= 0.6 is 0 Å². The lowest BCUT2D eigenvalue weighted by Crippen LogP contribution is -2.48. The van der Waals surface area contributed by atoms with Crippen LogP contribution in [0.15, 0.2) is 12.7 Å². The Labute approximate surface area is 120 Å². The summed E-state index contributed by atoms with van der Waals surface area (Å²) < 4.78 is 5.49. The van der Waals surface area contributed by atoms with Gasteiger partial charge >= 0.3 is 5.97 Å². The lowest BCUT2D eigenvalue weighted by Gasteiger charge is -2.37. The van der Waals surface area contributed by atoms with Crippen molar-refractivity contribution < 1.29 is 19.4 Å². The maximum Gasteiger partial charge on any atom is 0.303 e.